The SMILES string of the molecule is c1ccc2c(c1)-c1ccccc1C21c2ccccc2-c2c1c1ccccc1n2-c1ccc(-c2cccc3ccccc23)c2ccccc12. The molecular weight excluding hydrogens is 579 g/mol. The Morgan fingerprint density at radius 2 is 0.833 bits per heavy atom. The second kappa shape index (κ2) is 9.44. The van der Waals surface area contributed by atoms with Crippen molar-refractivity contribution in [2.45, 2.75) is 5.41 Å². The van der Waals surface area contributed by atoms with Gasteiger partial charge in [-0.25, -0.2) is 0 Å². The highest BCUT2D eigenvalue weighted by Gasteiger charge is 2.54. The number of hydrogen-bond donors (Lipinski definition) is 0. The van der Waals surface area contributed by atoms with Gasteiger partial charge >= 0.3 is 0 Å². The van der Waals surface area contributed by atoms with Crippen LogP contribution in [0, 0.1) is 0 Å². The van der Waals surface area contributed by atoms with Crippen LogP contribution in [0.2, 0.25) is 0 Å². The number of aromatic nitrogens is 1. The van der Waals surface area contributed by atoms with E-state index in [0.717, 1.165) is 0 Å². The summed E-state index contributed by atoms with van der Waals surface area (Å²) in [5, 5.41) is 6.35. The Balaban J connectivity index is 1.28. The van der Waals surface area contributed by atoms with Crippen LogP contribution in [0.1, 0.15) is 22.3 Å². The summed E-state index contributed by atoms with van der Waals surface area (Å²) in [4.78, 5) is 0. The minimum Gasteiger partial charge on any atom is -0.308 e. The third-order valence-corrected chi connectivity index (χ3v) is 11.0. The second-order valence-corrected chi connectivity index (χ2v) is 13.2. The van der Waals surface area contributed by atoms with E-state index in [0.29, 0.717) is 0 Å². The van der Waals surface area contributed by atoms with Crippen LogP contribution in [0.3, 0.4) is 0 Å². The fraction of sp³-hybridized carbons (Fsp3) is 0.0213. The fourth-order valence-corrected chi connectivity index (χ4v) is 9.24. The maximum Gasteiger partial charge on any atom is 0.0747 e. The minimum atomic E-state index is -0.400. The van der Waals surface area contributed by atoms with Gasteiger partial charge in [0.2, 0.25) is 0 Å². The van der Waals surface area contributed by atoms with Gasteiger partial charge in [-0.2, -0.15) is 0 Å². The largest absolute Gasteiger partial charge is 0.308 e. The van der Waals surface area contributed by atoms with E-state index in [1.54, 1.807) is 0 Å². The van der Waals surface area contributed by atoms with Crippen molar-refractivity contribution in [2.24, 2.45) is 0 Å². The molecule has 0 saturated carbocycles. The number of nitrogens with zero attached hydrogens (tertiary/aromatic N) is 1. The van der Waals surface area contributed by atoms with Crippen LogP contribution in [-0.4, -0.2) is 4.57 Å². The van der Waals surface area contributed by atoms with Crippen molar-refractivity contribution in [1.82, 2.24) is 4.57 Å². The predicted molar refractivity (Wildman–Crippen MR) is 200 cm³/mol. The quantitative estimate of drug-likeness (QED) is 0.184. The van der Waals surface area contributed by atoms with Gasteiger partial charge in [-0.3, -0.25) is 0 Å². The van der Waals surface area contributed by atoms with Gasteiger partial charge in [-0.15, -0.1) is 0 Å². The summed E-state index contributed by atoms with van der Waals surface area (Å²) in [6.45, 7) is 0. The lowest BCUT2D eigenvalue weighted by atomic mass is 9.70. The lowest BCUT2D eigenvalue weighted by molar-refractivity contribution is 0.801. The van der Waals surface area contributed by atoms with E-state index in [1.165, 1.54) is 93.9 Å². The number of rotatable bonds is 2. The lowest BCUT2D eigenvalue weighted by Gasteiger charge is -2.30. The minimum absolute atomic E-state index is 0.400. The maximum atomic E-state index is 2.57. The molecule has 9 aromatic rings. The first kappa shape index (κ1) is 25.9. The topological polar surface area (TPSA) is 4.93 Å². The number of benzene rings is 8. The zero-order valence-electron chi connectivity index (χ0n) is 26.2. The van der Waals surface area contributed by atoms with Crippen LogP contribution in [0.25, 0.3) is 71.6 Å². The first-order valence-electron chi connectivity index (χ1n) is 16.8. The Kier molecular flexibility index (Phi) is 5.10. The summed E-state index contributed by atoms with van der Waals surface area (Å²) in [7, 11) is 0. The van der Waals surface area contributed by atoms with Crippen LogP contribution < -0.4 is 0 Å². The third kappa shape index (κ3) is 3.11. The Labute approximate surface area is 279 Å². The van der Waals surface area contributed by atoms with Gasteiger partial charge in [0.05, 0.1) is 22.3 Å². The average Bonchev–Trinajstić information content (AvgIpc) is 3.76. The molecule has 0 unspecified atom stereocenters. The molecule has 0 atom stereocenters. The molecule has 2 aliphatic rings. The van der Waals surface area contributed by atoms with E-state index in [4.69, 9.17) is 0 Å². The molecule has 0 amide bonds. The lowest BCUT2D eigenvalue weighted by Crippen LogP contribution is -2.25. The third-order valence-electron chi connectivity index (χ3n) is 11.0. The van der Waals surface area contributed by atoms with E-state index in [9.17, 15) is 0 Å². The monoisotopic (exact) mass is 607 g/mol. The van der Waals surface area contributed by atoms with Gasteiger partial charge in [0.15, 0.2) is 0 Å². The van der Waals surface area contributed by atoms with Crippen LogP contribution in [0.4, 0.5) is 0 Å². The van der Waals surface area contributed by atoms with Gasteiger partial charge in [0, 0.05) is 21.9 Å². The molecule has 11 rings (SSSR count). The molecule has 1 heteroatoms. The van der Waals surface area contributed by atoms with Crippen LogP contribution in [0.15, 0.2) is 176 Å². The van der Waals surface area contributed by atoms with Crippen molar-refractivity contribution in [3.63, 3.8) is 0 Å². The fourth-order valence-electron chi connectivity index (χ4n) is 9.24. The van der Waals surface area contributed by atoms with E-state index in [1.807, 2.05) is 0 Å². The standard InChI is InChI=1S/C47H29N/c1-2-16-31-30(14-1)15-13-23-32(31)34-28-29-44(37-20-4-3-17-33(34)37)48-43-27-12-8-22-39(43)45-46(48)38-21-7-11-26-42(38)47(45)40-24-9-5-18-35(40)36-19-6-10-25-41(36)47/h1-29H. The summed E-state index contributed by atoms with van der Waals surface area (Å²) < 4.78 is 2.57. The molecule has 222 valence electrons. The molecular formula is C47H29N. The first-order chi connectivity index (χ1) is 23.9. The summed E-state index contributed by atoms with van der Waals surface area (Å²) in [6, 6.07) is 65.3. The van der Waals surface area contributed by atoms with Gasteiger partial charge in [-0.1, -0.05) is 164 Å². The summed E-state index contributed by atoms with van der Waals surface area (Å²) in [5.74, 6) is 0. The highest BCUT2D eigenvalue weighted by atomic mass is 15.0. The molecule has 0 N–H and O–H groups in total. The van der Waals surface area contributed by atoms with Gasteiger partial charge in [0.1, 0.15) is 0 Å². The van der Waals surface area contributed by atoms with Crippen LogP contribution in [0.5, 0.6) is 0 Å². The van der Waals surface area contributed by atoms with Crippen LogP contribution in [-0.2, 0) is 5.41 Å². The molecule has 0 bridgehead atoms. The van der Waals surface area contributed by atoms with Crippen molar-refractivity contribution in [3.8, 4) is 39.2 Å². The zero-order chi connectivity index (χ0) is 31.4. The average molecular weight is 608 g/mol. The molecule has 1 aromatic heterocycles. The molecule has 0 aliphatic heterocycles. The van der Waals surface area contributed by atoms with Crippen LogP contribution >= 0.6 is 0 Å². The Hall–Kier alpha value is -6.18. The van der Waals surface area contributed by atoms with Gasteiger partial charge < -0.3 is 4.57 Å². The van der Waals surface area contributed by atoms with E-state index >= 15 is 0 Å². The van der Waals surface area contributed by atoms with E-state index < -0.39 is 5.41 Å². The zero-order valence-corrected chi connectivity index (χ0v) is 26.2. The Morgan fingerprint density at radius 3 is 1.58 bits per heavy atom. The predicted octanol–water partition coefficient (Wildman–Crippen LogP) is 11.9. The number of fused-ring (bicyclic) bond motifs is 14. The van der Waals surface area contributed by atoms with Crippen molar-refractivity contribution in [1.29, 1.82) is 0 Å². The normalized spacial score (nSPS) is 13.6. The molecule has 1 nitrogen and oxygen atoms in total. The van der Waals surface area contributed by atoms with Crippen molar-refractivity contribution < 1.29 is 0 Å². The summed E-state index contributed by atoms with van der Waals surface area (Å²) >= 11 is 0. The molecule has 48 heavy (non-hydrogen) atoms. The molecule has 0 saturated heterocycles. The highest BCUT2D eigenvalue weighted by molar-refractivity contribution is 6.10. The van der Waals surface area contributed by atoms with Gasteiger partial charge in [0.25, 0.3) is 0 Å². The maximum absolute atomic E-state index is 2.57. The smallest absolute Gasteiger partial charge is 0.0747 e. The highest BCUT2D eigenvalue weighted by Crippen LogP contribution is 2.65. The van der Waals surface area contributed by atoms with Gasteiger partial charge in [-0.05, 0) is 67.2 Å². The first-order valence-corrected chi connectivity index (χ1v) is 16.8. The molecule has 0 radical (unpaired) electrons. The Bertz CT molecular complexity index is 2740. The summed E-state index contributed by atoms with van der Waals surface area (Å²) in [6.07, 6.45) is 0. The molecule has 1 spiro atoms. The van der Waals surface area contributed by atoms with E-state index in [2.05, 4.69) is 180 Å². The van der Waals surface area contributed by atoms with Crippen molar-refractivity contribution >= 4 is 32.4 Å². The second-order valence-electron chi connectivity index (χ2n) is 13.2. The Morgan fingerprint density at radius 1 is 0.333 bits per heavy atom. The molecule has 1 heterocycles. The van der Waals surface area contributed by atoms with Crippen molar-refractivity contribution in [2.75, 3.05) is 0 Å². The van der Waals surface area contributed by atoms with Crippen molar-refractivity contribution in [3.05, 3.63) is 198 Å². The number of para-hydroxylation sites is 1. The number of hydrogen-bond acceptors (Lipinski definition) is 0. The van der Waals surface area contributed by atoms with E-state index in [-0.39, 0.29) is 0 Å². The molecule has 8 aromatic carbocycles. The molecule has 0 fully saturated rings. The summed E-state index contributed by atoms with van der Waals surface area (Å²) in [5.41, 5.74) is 15.3. The molecule has 2 aliphatic carbocycles.